The highest BCUT2D eigenvalue weighted by atomic mass is 19.3. The molecule has 12 heavy (non-hydrogen) atoms. The van der Waals surface area contributed by atoms with Gasteiger partial charge >= 0.3 is 5.97 Å². The zero-order valence-electron chi connectivity index (χ0n) is 7.30. The minimum absolute atomic E-state index is 0.774. The van der Waals surface area contributed by atoms with E-state index in [0.29, 0.717) is 0 Å². The molecule has 0 saturated carbocycles. The normalized spacial score (nSPS) is 14.6. The fourth-order valence-corrected chi connectivity index (χ4v) is 0.473. The van der Waals surface area contributed by atoms with Crippen LogP contribution < -0.4 is 5.73 Å². The topological polar surface area (TPSA) is 52.3 Å². The molecule has 0 aliphatic heterocycles. The maximum absolute atomic E-state index is 11.8. The molecule has 0 aromatic rings. The van der Waals surface area contributed by atoms with Crippen LogP contribution in [-0.2, 0) is 9.53 Å². The quantitative estimate of drug-likeness (QED) is 0.644. The maximum Gasteiger partial charge on any atom is 0.329 e. The molecule has 2 N–H and O–H groups in total. The van der Waals surface area contributed by atoms with Crippen molar-refractivity contribution in [1.82, 2.24) is 0 Å². The summed E-state index contributed by atoms with van der Waals surface area (Å²) < 4.78 is 28.3. The first-order chi connectivity index (χ1) is 5.24. The lowest BCUT2D eigenvalue weighted by Gasteiger charge is -2.21. The van der Waals surface area contributed by atoms with Gasteiger partial charge in [-0.1, -0.05) is 0 Å². The van der Waals surface area contributed by atoms with Crippen LogP contribution in [0.4, 0.5) is 8.78 Å². The Bertz CT molecular complexity index is 165. The fraction of sp³-hybridized carbons (Fsp3) is 0.857. The number of alkyl halides is 2. The van der Waals surface area contributed by atoms with Gasteiger partial charge in [0.25, 0.3) is 6.43 Å². The maximum atomic E-state index is 11.8. The zero-order valence-corrected chi connectivity index (χ0v) is 7.30. The molecule has 3 nitrogen and oxygen atoms in total. The van der Waals surface area contributed by atoms with Crippen molar-refractivity contribution < 1.29 is 18.3 Å². The van der Waals surface area contributed by atoms with Crippen molar-refractivity contribution in [2.24, 2.45) is 5.73 Å². The van der Waals surface area contributed by atoms with Crippen LogP contribution in [0.15, 0.2) is 0 Å². The molecule has 0 saturated heterocycles. The number of nitrogens with two attached hydrogens (primary N) is 1. The van der Waals surface area contributed by atoms with Gasteiger partial charge in [-0.2, -0.15) is 0 Å². The van der Waals surface area contributed by atoms with E-state index < -0.39 is 24.0 Å². The summed E-state index contributed by atoms with van der Waals surface area (Å²) in [5.74, 6) is -1.07. The molecule has 0 aliphatic rings. The van der Waals surface area contributed by atoms with Gasteiger partial charge < -0.3 is 10.5 Å². The minimum atomic E-state index is -2.88. The van der Waals surface area contributed by atoms with Crippen molar-refractivity contribution in [3.8, 4) is 0 Å². The number of carbonyl (C=O) groups is 1. The second-order valence-corrected chi connectivity index (χ2v) is 3.39. The number of hydrogen-bond acceptors (Lipinski definition) is 3. The van der Waals surface area contributed by atoms with Crippen molar-refractivity contribution in [3.05, 3.63) is 0 Å². The smallest absolute Gasteiger partial charge is 0.329 e. The molecule has 1 unspecified atom stereocenters. The third-order valence-corrected chi connectivity index (χ3v) is 0.950. The first-order valence-corrected chi connectivity index (χ1v) is 3.50. The predicted molar refractivity (Wildman–Crippen MR) is 39.8 cm³/mol. The van der Waals surface area contributed by atoms with Gasteiger partial charge in [0.05, 0.1) is 0 Å². The average molecular weight is 181 g/mol. The van der Waals surface area contributed by atoms with Gasteiger partial charge in [0.2, 0.25) is 0 Å². The van der Waals surface area contributed by atoms with Crippen LogP contribution in [0.25, 0.3) is 0 Å². The summed E-state index contributed by atoms with van der Waals surface area (Å²) in [6.07, 6.45) is -2.88. The second-order valence-electron chi connectivity index (χ2n) is 3.39. The summed E-state index contributed by atoms with van der Waals surface area (Å²) in [4.78, 5) is 10.8. The predicted octanol–water partition coefficient (Wildman–Crippen LogP) is 0.921. The molecule has 0 spiro atoms. The summed E-state index contributed by atoms with van der Waals surface area (Å²) in [6.45, 7) is 4.76. The lowest BCUT2D eigenvalue weighted by molar-refractivity contribution is -0.160. The van der Waals surface area contributed by atoms with Crippen molar-refractivity contribution in [1.29, 1.82) is 0 Å². The molecule has 0 fully saturated rings. The van der Waals surface area contributed by atoms with Gasteiger partial charge in [0.15, 0.2) is 6.04 Å². The van der Waals surface area contributed by atoms with Gasteiger partial charge in [-0.3, -0.25) is 4.79 Å². The lowest BCUT2D eigenvalue weighted by atomic mass is 10.2. The first kappa shape index (κ1) is 11.3. The van der Waals surface area contributed by atoms with Crippen LogP contribution in [0, 0.1) is 0 Å². The lowest BCUT2D eigenvalue weighted by Crippen LogP contribution is -2.42. The summed E-state index contributed by atoms with van der Waals surface area (Å²) >= 11 is 0. The number of halogens is 2. The van der Waals surface area contributed by atoms with Crippen LogP contribution in [0.3, 0.4) is 0 Å². The van der Waals surface area contributed by atoms with E-state index in [1.165, 1.54) is 0 Å². The largest absolute Gasteiger partial charge is 0.459 e. The summed E-state index contributed by atoms with van der Waals surface area (Å²) in [7, 11) is 0. The number of carbonyl (C=O) groups excluding carboxylic acids is 1. The fourth-order valence-electron chi connectivity index (χ4n) is 0.473. The molecular formula is C7H13F2NO2. The van der Waals surface area contributed by atoms with Crippen molar-refractivity contribution in [3.63, 3.8) is 0 Å². The van der Waals surface area contributed by atoms with Gasteiger partial charge in [-0.15, -0.1) is 0 Å². The molecule has 0 radical (unpaired) electrons. The van der Waals surface area contributed by atoms with Crippen molar-refractivity contribution >= 4 is 5.97 Å². The molecule has 0 heterocycles. The number of rotatable bonds is 2. The zero-order chi connectivity index (χ0) is 9.94. The van der Waals surface area contributed by atoms with E-state index in [1.807, 2.05) is 0 Å². The SMILES string of the molecule is CC(C)(C)OC(=O)C(N)C(F)F. The molecule has 72 valence electrons. The van der Waals surface area contributed by atoms with Crippen LogP contribution in [0.1, 0.15) is 20.8 Å². The van der Waals surface area contributed by atoms with Gasteiger partial charge in [0.1, 0.15) is 5.60 Å². The third kappa shape index (κ3) is 4.23. The number of esters is 1. The van der Waals surface area contributed by atoms with E-state index in [9.17, 15) is 13.6 Å². The Morgan fingerprint density at radius 3 is 2.08 bits per heavy atom. The van der Waals surface area contributed by atoms with Crippen LogP contribution in [-0.4, -0.2) is 24.0 Å². The molecule has 0 amide bonds. The van der Waals surface area contributed by atoms with Gasteiger partial charge in [0, 0.05) is 0 Å². The van der Waals surface area contributed by atoms with E-state index in [1.54, 1.807) is 20.8 Å². The molecule has 1 atom stereocenters. The summed E-state index contributed by atoms with van der Waals surface area (Å²) in [6, 6.07) is -1.84. The third-order valence-electron chi connectivity index (χ3n) is 0.950. The summed E-state index contributed by atoms with van der Waals surface area (Å²) in [5.41, 5.74) is 4.07. The minimum Gasteiger partial charge on any atom is -0.459 e. The molecule has 5 heteroatoms. The monoisotopic (exact) mass is 181 g/mol. The Kier molecular flexibility index (Phi) is 3.57. The Labute approximate surface area is 69.9 Å². The van der Waals surface area contributed by atoms with E-state index in [-0.39, 0.29) is 0 Å². The highest BCUT2D eigenvalue weighted by Gasteiger charge is 2.28. The van der Waals surface area contributed by atoms with Crippen molar-refractivity contribution in [2.45, 2.75) is 38.8 Å². The average Bonchev–Trinajstić information content (AvgIpc) is 1.82. The highest BCUT2D eigenvalue weighted by Crippen LogP contribution is 2.10. The van der Waals surface area contributed by atoms with E-state index in [4.69, 9.17) is 5.73 Å². The van der Waals surface area contributed by atoms with E-state index >= 15 is 0 Å². The van der Waals surface area contributed by atoms with Gasteiger partial charge in [-0.05, 0) is 20.8 Å². The van der Waals surface area contributed by atoms with Crippen LogP contribution >= 0.6 is 0 Å². The van der Waals surface area contributed by atoms with Gasteiger partial charge in [-0.25, -0.2) is 8.78 Å². The molecule has 0 rings (SSSR count). The number of hydrogen-bond donors (Lipinski definition) is 1. The first-order valence-electron chi connectivity index (χ1n) is 3.50. The standard InChI is InChI=1S/C7H13F2NO2/c1-7(2,3)12-6(11)4(10)5(8)9/h4-5H,10H2,1-3H3. The van der Waals surface area contributed by atoms with Crippen LogP contribution in [0.5, 0.6) is 0 Å². The Morgan fingerprint density at radius 2 is 1.83 bits per heavy atom. The molecule has 0 aliphatic carbocycles. The number of ether oxygens (including phenoxy) is 1. The molecule has 0 bridgehead atoms. The van der Waals surface area contributed by atoms with E-state index in [0.717, 1.165) is 0 Å². The van der Waals surface area contributed by atoms with E-state index in [2.05, 4.69) is 4.74 Å². The Morgan fingerprint density at radius 1 is 1.42 bits per heavy atom. The van der Waals surface area contributed by atoms with Crippen molar-refractivity contribution in [2.75, 3.05) is 0 Å². The summed E-state index contributed by atoms with van der Waals surface area (Å²) in [5, 5.41) is 0. The molecule has 0 aromatic carbocycles. The second kappa shape index (κ2) is 3.80. The Balaban J connectivity index is 4.05. The Hall–Kier alpha value is -0.710. The molecule has 0 aromatic heterocycles. The van der Waals surface area contributed by atoms with Crippen LogP contribution in [0.2, 0.25) is 0 Å². The molecular weight excluding hydrogens is 168 g/mol. The highest BCUT2D eigenvalue weighted by molar-refractivity contribution is 5.76.